The number of para-hydroxylation sites is 1. The van der Waals surface area contributed by atoms with Crippen LogP contribution in [-0.2, 0) is 0 Å². The summed E-state index contributed by atoms with van der Waals surface area (Å²) in [6.45, 7) is 1.77. The first-order valence-electron chi connectivity index (χ1n) is 5.75. The van der Waals surface area contributed by atoms with Crippen LogP contribution in [0.3, 0.4) is 0 Å². The van der Waals surface area contributed by atoms with Gasteiger partial charge in [0.05, 0.1) is 5.69 Å². The van der Waals surface area contributed by atoms with E-state index in [2.05, 4.69) is 5.10 Å². The highest BCUT2D eigenvalue weighted by Gasteiger charge is 2.16. The summed E-state index contributed by atoms with van der Waals surface area (Å²) in [6.07, 6.45) is 1.52. The molecule has 0 saturated heterocycles. The summed E-state index contributed by atoms with van der Waals surface area (Å²) < 4.78 is 6.26. The molecule has 0 radical (unpaired) electrons. The summed E-state index contributed by atoms with van der Waals surface area (Å²) in [6, 6.07) is 10.3. The van der Waals surface area contributed by atoms with Crippen LogP contribution in [0.1, 0.15) is 16.1 Å². The number of aromatic nitrogens is 2. The average Bonchev–Trinajstić information content (AvgIpc) is 2.84. The fourth-order valence-electron chi connectivity index (χ4n) is 1.86. The second-order valence-electron chi connectivity index (χ2n) is 4.19. The molecule has 94 valence electrons. The molecule has 5 heteroatoms. The van der Waals surface area contributed by atoms with E-state index in [0.29, 0.717) is 16.7 Å². The lowest BCUT2D eigenvalue weighted by atomic mass is 10.2. The van der Waals surface area contributed by atoms with Crippen LogP contribution in [0.4, 0.5) is 0 Å². The van der Waals surface area contributed by atoms with E-state index in [-0.39, 0.29) is 5.56 Å². The maximum absolute atomic E-state index is 12.2. The van der Waals surface area contributed by atoms with Gasteiger partial charge in [0, 0.05) is 11.6 Å². The van der Waals surface area contributed by atoms with Crippen molar-refractivity contribution in [3.8, 4) is 0 Å². The van der Waals surface area contributed by atoms with Crippen molar-refractivity contribution in [3.63, 3.8) is 0 Å². The van der Waals surface area contributed by atoms with Crippen LogP contribution in [0, 0.1) is 6.92 Å². The minimum absolute atomic E-state index is 0.0261. The van der Waals surface area contributed by atoms with E-state index in [1.165, 1.54) is 12.3 Å². The minimum atomic E-state index is -0.656. The van der Waals surface area contributed by atoms with Crippen molar-refractivity contribution in [2.75, 3.05) is 0 Å². The molecule has 0 aliphatic rings. The Hall–Kier alpha value is -2.69. The molecule has 2 heterocycles. The Bertz CT molecular complexity index is 830. The molecule has 0 aliphatic carbocycles. The molecule has 0 bridgehead atoms. The van der Waals surface area contributed by atoms with Gasteiger partial charge in [-0.25, -0.2) is 9.48 Å². The molecule has 5 nitrogen and oxygen atoms in total. The minimum Gasteiger partial charge on any atom is -0.422 e. The van der Waals surface area contributed by atoms with Crippen molar-refractivity contribution in [2.24, 2.45) is 0 Å². The van der Waals surface area contributed by atoms with Gasteiger partial charge in [-0.3, -0.25) is 4.79 Å². The number of rotatable bonds is 1. The van der Waals surface area contributed by atoms with Crippen molar-refractivity contribution in [3.05, 3.63) is 64.3 Å². The molecule has 19 heavy (non-hydrogen) atoms. The number of carbonyl (C=O) groups excluding carboxylic acids is 1. The van der Waals surface area contributed by atoms with Crippen LogP contribution in [-0.4, -0.2) is 15.7 Å². The molecule has 3 aromatic rings. The number of hydrogen-bond acceptors (Lipinski definition) is 4. The Morgan fingerprint density at radius 3 is 2.79 bits per heavy atom. The predicted molar refractivity (Wildman–Crippen MR) is 69.2 cm³/mol. The maximum atomic E-state index is 12.2. The van der Waals surface area contributed by atoms with Crippen LogP contribution in [0.2, 0.25) is 0 Å². The van der Waals surface area contributed by atoms with Gasteiger partial charge in [-0.2, -0.15) is 5.10 Å². The Morgan fingerprint density at radius 1 is 1.26 bits per heavy atom. The third-order valence-electron chi connectivity index (χ3n) is 2.80. The topological polar surface area (TPSA) is 65.1 Å². The van der Waals surface area contributed by atoms with E-state index in [0.717, 1.165) is 4.68 Å². The van der Waals surface area contributed by atoms with Gasteiger partial charge >= 0.3 is 5.63 Å². The Morgan fingerprint density at radius 2 is 2.05 bits per heavy atom. The van der Waals surface area contributed by atoms with Crippen LogP contribution >= 0.6 is 0 Å². The molecule has 0 saturated carbocycles. The highest BCUT2D eigenvalue weighted by Crippen LogP contribution is 2.13. The number of hydrogen-bond donors (Lipinski definition) is 0. The highest BCUT2D eigenvalue weighted by atomic mass is 16.4. The van der Waals surface area contributed by atoms with Gasteiger partial charge in [0.15, 0.2) is 0 Å². The fourth-order valence-corrected chi connectivity index (χ4v) is 1.86. The maximum Gasteiger partial charge on any atom is 0.349 e. The Labute approximate surface area is 108 Å². The molecule has 0 amide bonds. The fraction of sp³-hybridized carbons (Fsp3) is 0.0714. The number of fused-ring (bicyclic) bond motifs is 1. The number of aryl methyl sites for hydroxylation is 1. The van der Waals surface area contributed by atoms with Gasteiger partial charge in [-0.05, 0) is 25.1 Å². The zero-order valence-corrected chi connectivity index (χ0v) is 10.2. The lowest BCUT2D eigenvalue weighted by molar-refractivity contribution is 0.0941. The Kier molecular flexibility index (Phi) is 2.52. The quantitative estimate of drug-likeness (QED) is 0.623. The normalized spacial score (nSPS) is 10.8. The van der Waals surface area contributed by atoms with Gasteiger partial charge in [0.1, 0.15) is 11.1 Å². The van der Waals surface area contributed by atoms with E-state index in [1.807, 2.05) is 6.07 Å². The number of nitrogens with zero attached hydrogens (tertiary/aromatic N) is 2. The smallest absolute Gasteiger partial charge is 0.349 e. The molecule has 0 aliphatic heterocycles. The lowest BCUT2D eigenvalue weighted by Gasteiger charge is -2.01. The molecule has 0 unspecified atom stereocenters. The predicted octanol–water partition coefficient (Wildman–Crippen LogP) is 1.99. The first-order valence-corrected chi connectivity index (χ1v) is 5.75. The van der Waals surface area contributed by atoms with Crippen molar-refractivity contribution >= 4 is 16.9 Å². The number of benzene rings is 1. The van der Waals surface area contributed by atoms with Gasteiger partial charge in [-0.15, -0.1) is 0 Å². The number of carbonyl (C=O) groups is 1. The van der Waals surface area contributed by atoms with Gasteiger partial charge in [0.2, 0.25) is 0 Å². The first-order chi connectivity index (χ1) is 9.15. The molecule has 0 spiro atoms. The van der Waals surface area contributed by atoms with Crippen LogP contribution < -0.4 is 5.63 Å². The van der Waals surface area contributed by atoms with Crippen molar-refractivity contribution < 1.29 is 9.21 Å². The van der Waals surface area contributed by atoms with E-state index < -0.39 is 11.5 Å². The third-order valence-corrected chi connectivity index (χ3v) is 2.80. The largest absolute Gasteiger partial charge is 0.422 e. The van der Waals surface area contributed by atoms with E-state index >= 15 is 0 Å². The van der Waals surface area contributed by atoms with Crippen molar-refractivity contribution in [2.45, 2.75) is 6.92 Å². The highest BCUT2D eigenvalue weighted by molar-refractivity contribution is 5.97. The van der Waals surface area contributed by atoms with Crippen LogP contribution in [0.5, 0.6) is 0 Å². The van der Waals surface area contributed by atoms with E-state index in [1.54, 1.807) is 31.2 Å². The summed E-state index contributed by atoms with van der Waals surface area (Å²) in [4.78, 5) is 24.0. The molecular weight excluding hydrogens is 244 g/mol. The zero-order valence-electron chi connectivity index (χ0n) is 10.2. The van der Waals surface area contributed by atoms with Gasteiger partial charge in [-0.1, -0.05) is 18.2 Å². The molecule has 3 rings (SSSR count). The van der Waals surface area contributed by atoms with Crippen LogP contribution in [0.15, 0.2) is 51.8 Å². The molecule has 1 aromatic carbocycles. The third kappa shape index (κ3) is 1.95. The summed E-state index contributed by atoms with van der Waals surface area (Å²) in [7, 11) is 0. The second-order valence-corrected chi connectivity index (χ2v) is 4.19. The van der Waals surface area contributed by atoms with E-state index in [9.17, 15) is 9.59 Å². The standard InChI is InChI=1S/C14H10N2O3/c1-9-6-7-16(15-9)13(17)11-8-10-4-2-3-5-12(10)19-14(11)18/h2-8H,1H3. The molecule has 0 N–H and O–H groups in total. The first kappa shape index (κ1) is 11.4. The summed E-state index contributed by atoms with van der Waals surface area (Å²) in [5.74, 6) is -0.493. The monoisotopic (exact) mass is 254 g/mol. The SMILES string of the molecule is Cc1ccn(C(=O)c2cc3ccccc3oc2=O)n1. The summed E-state index contributed by atoms with van der Waals surface area (Å²) >= 11 is 0. The second kappa shape index (κ2) is 4.20. The molecule has 2 aromatic heterocycles. The van der Waals surface area contributed by atoms with Crippen LogP contribution in [0.25, 0.3) is 11.0 Å². The molecular formula is C14H10N2O3. The zero-order chi connectivity index (χ0) is 13.4. The summed E-state index contributed by atoms with van der Waals surface area (Å²) in [5.41, 5.74) is 0.484. The molecule has 0 fully saturated rings. The van der Waals surface area contributed by atoms with Crippen molar-refractivity contribution in [1.29, 1.82) is 0 Å². The van der Waals surface area contributed by atoms with Gasteiger partial charge < -0.3 is 4.42 Å². The van der Waals surface area contributed by atoms with Crippen molar-refractivity contribution in [1.82, 2.24) is 9.78 Å². The van der Waals surface area contributed by atoms with Gasteiger partial charge in [0.25, 0.3) is 5.91 Å². The Balaban J connectivity index is 2.17. The van der Waals surface area contributed by atoms with E-state index in [4.69, 9.17) is 4.42 Å². The summed E-state index contributed by atoms with van der Waals surface area (Å²) in [5, 5.41) is 4.70. The average molecular weight is 254 g/mol. The lowest BCUT2D eigenvalue weighted by Crippen LogP contribution is -2.21. The molecule has 0 atom stereocenters.